The molecule has 5 aromatic rings. The fourth-order valence-electron chi connectivity index (χ4n) is 3.54. The van der Waals surface area contributed by atoms with Gasteiger partial charge in [-0.1, -0.05) is 29.4 Å². The smallest absolute Gasteiger partial charge is 0.198 e. The van der Waals surface area contributed by atoms with E-state index in [9.17, 15) is 4.79 Å². The van der Waals surface area contributed by atoms with Gasteiger partial charge in [-0.2, -0.15) is 0 Å². The van der Waals surface area contributed by atoms with Gasteiger partial charge in [0.2, 0.25) is 0 Å². The quantitative estimate of drug-likeness (QED) is 0.312. The first-order valence-electron chi connectivity index (χ1n) is 9.83. The lowest BCUT2D eigenvalue weighted by Crippen LogP contribution is -1.95. The SMILES string of the molecule is Cc1cc2c(Cl)ncnc2[nH]1.Cc1cc2c(Nc3ccc4c(c3)SC(=O)C4)ncnc2[nH]1. The van der Waals surface area contributed by atoms with Crippen LogP contribution in [0.15, 0.2) is 47.9 Å². The second-order valence-electron chi connectivity index (χ2n) is 7.41. The molecular formula is C22H18ClN7OS. The van der Waals surface area contributed by atoms with Gasteiger partial charge in [0.05, 0.1) is 10.8 Å². The number of nitrogens with zero attached hydrogens (tertiary/aromatic N) is 4. The number of nitrogens with one attached hydrogen (secondary N) is 3. The summed E-state index contributed by atoms with van der Waals surface area (Å²) >= 11 is 7.10. The number of aromatic nitrogens is 6. The molecule has 5 heterocycles. The lowest BCUT2D eigenvalue weighted by Gasteiger charge is -2.07. The molecule has 0 saturated heterocycles. The molecule has 32 heavy (non-hydrogen) atoms. The first-order chi connectivity index (χ1) is 15.5. The molecule has 3 N–H and O–H groups in total. The van der Waals surface area contributed by atoms with E-state index in [4.69, 9.17) is 11.6 Å². The maximum Gasteiger partial charge on any atom is 0.198 e. The Bertz CT molecular complexity index is 1480. The number of anilines is 2. The van der Waals surface area contributed by atoms with Crippen LogP contribution in [-0.4, -0.2) is 35.0 Å². The third-order valence-corrected chi connectivity index (χ3v) is 6.23. The van der Waals surface area contributed by atoms with E-state index in [-0.39, 0.29) is 5.12 Å². The Labute approximate surface area is 192 Å². The first-order valence-corrected chi connectivity index (χ1v) is 11.0. The van der Waals surface area contributed by atoms with Crippen LogP contribution >= 0.6 is 23.4 Å². The lowest BCUT2D eigenvalue weighted by atomic mass is 10.1. The largest absolute Gasteiger partial charge is 0.343 e. The van der Waals surface area contributed by atoms with Crippen molar-refractivity contribution in [3.8, 4) is 0 Å². The minimum atomic E-state index is 0.202. The number of fused-ring (bicyclic) bond motifs is 3. The average Bonchev–Trinajstić information content (AvgIpc) is 3.43. The van der Waals surface area contributed by atoms with Gasteiger partial charge < -0.3 is 15.3 Å². The molecule has 0 saturated carbocycles. The molecule has 0 unspecified atom stereocenters. The predicted molar refractivity (Wildman–Crippen MR) is 127 cm³/mol. The molecule has 10 heteroatoms. The molecule has 1 aliphatic heterocycles. The molecule has 1 aromatic carbocycles. The highest BCUT2D eigenvalue weighted by atomic mass is 35.5. The highest BCUT2D eigenvalue weighted by Gasteiger charge is 2.19. The molecule has 1 aliphatic rings. The zero-order valence-electron chi connectivity index (χ0n) is 17.2. The number of hydrogen-bond donors (Lipinski definition) is 3. The summed E-state index contributed by atoms with van der Waals surface area (Å²) in [5.74, 6) is 0.763. The van der Waals surface area contributed by atoms with Crippen LogP contribution in [0.1, 0.15) is 17.0 Å². The number of halogens is 1. The Kier molecular flexibility index (Phi) is 5.28. The Morgan fingerprint density at radius 1 is 0.938 bits per heavy atom. The Balaban J connectivity index is 0.000000165. The minimum absolute atomic E-state index is 0.202. The van der Waals surface area contributed by atoms with E-state index in [0.29, 0.717) is 11.6 Å². The first kappa shape index (κ1) is 20.5. The summed E-state index contributed by atoms with van der Waals surface area (Å²) in [5, 5.41) is 5.85. The molecular weight excluding hydrogens is 446 g/mol. The van der Waals surface area contributed by atoms with E-state index in [1.54, 1.807) is 0 Å². The van der Waals surface area contributed by atoms with E-state index in [1.807, 2.05) is 44.2 Å². The molecule has 0 bridgehead atoms. The number of aromatic amines is 2. The van der Waals surface area contributed by atoms with Gasteiger partial charge in [-0.3, -0.25) is 4.79 Å². The number of hydrogen-bond acceptors (Lipinski definition) is 7. The molecule has 0 aliphatic carbocycles. The summed E-state index contributed by atoms with van der Waals surface area (Å²) < 4.78 is 0. The number of carbonyl (C=O) groups excluding carboxylic acids is 1. The Hall–Kier alpha value is -3.43. The summed E-state index contributed by atoms with van der Waals surface area (Å²) in [7, 11) is 0. The van der Waals surface area contributed by atoms with Crippen LogP contribution in [0.2, 0.25) is 5.15 Å². The third kappa shape index (κ3) is 4.04. The third-order valence-electron chi connectivity index (χ3n) is 4.96. The predicted octanol–water partition coefficient (Wildman–Crippen LogP) is 5.10. The molecule has 0 spiro atoms. The van der Waals surface area contributed by atoms with Crippen molar-refractivity contribution < 1.29 is 4.79 Å². The highest BCUT2D eigenvalue weighted by Crippen LogP contribution is 2.35. The van der Waals surface area contributed by atoms with Crippen molar-refractivity contribution in [3.05, 3.63) is 65.1 Å². The molecule has 0 atom stereocenters. The standard InChI is InChI=1S/C15H12N4OS.C7H6ClN3/c1-8-4-11-14(18-8)16-7-17-15(11)19-10-3-2-9-5-13(20)21-12(9)6-10;1-4-2-5-6(8)9-3-10-7(5)11-4/h2-4,6-7H,5H2,1H3,(H2,16,17,18,19);2-3H,1H3,(H,9,10,11). The zero-order chi connectivity index (χ0) is 22.2. The minimum Gasteiger partial charge on any atom is -0.343 e. The lowest BCUT2D eigenvalue weighted by molar-refractivity contribution is -0.110. The van der Waals surface area contributed by atoms with Crippen LogP contribution in [0.5, 0.6) is 0 Å². The summed E-state index contributed by atoms with van der Waals surface area (Å²) in [4.78, 5) is 35.1. The number of aryl methyl sites for hydroxylation is 2. The van der Waals surface area contributed by atoms with E-state index in [0.717, 1.165) is 55.4 Å². The Morgan fingerprint density at radius 2 is 1.62 bits per heavy atom. The van der Waals surface area contributed by atoms with Crippen LogP contribution in [0, 0.1) is 13.8 Å². The van der Waals surface area contributed by atoms with Crippen molar-refractivity contribution in [1.82, 2.24) is 29.9 Å². The van der Waals surface area contributed by atoms with Gasteiger partial charge in [0.25, 0.3) is 0 Å². The van der Waals surface area contributed by atoms with Gasteiger partial charge in [-0.05, 0) is 43.7 Å². The molecule has 4 aromatic heterocycles. The number of thioether (sulfide) groups is 1. The van der Waals surface area contributed by atoms with Crippen molar-refractivity contribution in [2.45, 2.75) is 25.2 Å². The van der Waals surface area contributed by atoms with Crippen molar-refractivity contribution in [2.75, 3.05) is 5.32 Å². The summed E-state index contributed by atoms with van der Waals surface area (Å²) in [6, 6.07) is 9.92. The van der Waals surface area contributed by atoms with Crippen molar-refractivity contribution in [2.24, 2.45) is 0 Å². The zero-order valence-corrected chi connectivity index (χ0v) is 18.8. The number of rotatable bonds is 2. The maximum absolute atomic E-state index is 11.5. The number of H-pyrrole nitrogens is 2. The topological polar surface area (TPSA) is 112 Å². The van der Waals surface area contributed by atoms with Crippen LogP contribution in [0.3, 0.4) is 0 Å². The van der Waals surface area contributed by atoms with Crippen LogP contribution in [0.4, 0.5) is 11.5 Å². The molecule has 0 amide bonds. The summed E-state index contributed by atoms with van der Waals surface area (Å²) in [6.07, 6.45) is 3.50. The summed E-state index contributed by atoms with van der Waals surface area (Å²) in [5.41, 5.74) is 5.72. The van der Waals surface area contributed by atoms with Crippen molar-refractivity contribution >= 4 is 62.1 Å². The van der Waals surface area contributed by atoms with E-state index < -0.39 is 0 Å². The normalized spacial score (nSPS) is 12.7. The van der Waals surface area contributed by atoms with Crippen LogP contribution < -0.4 is 5.32 Å². The molecule has 160 valence electrons. The molecule has 0 radical (unpaired) electrons. The van der Waals surface area contributed by atoms with Crippen LogP contribution in [-0.2, 0) is 11.2 Å². The second-order valence-corrected chi connectivity index (χ2v) is 8.87. The molecule has 8 nitrogen and oxygen atoms in total. The van der Waals surface area contributed by atoms with E-state index in [2.05, 4.69) is 35.2 Å². The molecule has 6 rings (SSSR count). The average molecular weight is 464 g/mol. The van der Waals surface area contributed by atoms with E-state index >= 15 is 0 Å². The van der Waals surface area contributed by atoms with Gasteiger partial charge in [0.15, 0.2) is 5.12 Å². The fourth-order valence-corrected chi connectivity index (χ4v) is 4.65. The van der Waals surface area contributed by atoms with Crippen molar-refractivity contribution in [3.63, 3.8) is 0 Å². The van der Waals surface area contributed by atoms with Gasteiger partial charge >= 0.3 is 0 Å². The Morgan fingerprint density at radius 3 is 2.38 bits per heavy atom. The van der Waals surface area contributed by atoms with Gasteiger partial charge in [-0.25, -0.2) is 19.9 Å². The number of carbonyl (C=O) groups is 1. The van der Waals surface area contributed by atoms with Crippen LogP contribution in [0.25, 0.3) is 22.1 Å². The van der Waals surface area contributed by atoms with E-state index in [1.165, 1.54) is 24.4 Å². The van der Waals surface area contributed by atoms with Crippen molar-refractivity contribution in [1.29, 1.82) is 0 Å². The fraction of sp³-hybridized carbons (Fsp3) is 0.136. The maximum atomic E-state index is 11.5. The van der Waals surface area contributed by atoms with Gasteiger partial charge in [0.1, 0.15) is 34.9 Å². The highest BCUT2D eigenvalue weighted by molar-refractivity contribution is 8.14. The van der Waals surface area contributed by atoms with Gasteiger partial charge in [0, 0.05) is 28.4 Å². The monoisotopic (exact) mass is 463 g/mol. The summed E-state index contributed by atoms with van der Waals surface area (Å²) in [6.45, 7) is 3.95. The number of benzene rings is 1. The second kappa shape index (κ2) is 8.25. The van der Waals surface area contributed by atoms with Gasteiger partial charge in [-0.15, -0.1) is 0 Å². The molecule has 0 fully saturated rings.